The molecule has 2 aliphatic rings. The van der Waals surface area contributed by atoms with Crippen molar-refractivity contribution in [3.8, 4) is 5.75 Å². The number of benzene rings is 1. The molecule has 1 aromatic carbocycles. The molecule has 0 radical (unpaired) electrons. The van der Waals surface area contributed by atoms with Gasteiger partial charge in [0.1, 0.15) is 11.9 Å². The third-order valence-electron chi connectivity index (χ3n) is 5.19. The van der Waals surface area contributed by atoms with Gasteiger partial charge >= 0.3 is 0 Å². The van der Waals surface area contributed by atoms with Gasteiger partial charge in [-0.25, -0.2) is 0 Å². The van der Waals surface area contributed by atoms with E-state index < -0.39 is 0 Å². The highest BCUT2D eigenvalue weighted by atomic mass is 127. The van der Waals surface area contributed by atoms with Crippen molar-refractivity contribution in [1.29, 1.82) is 0 Å². The van der Waals surface area contributed by atoms with Crippen LogP contribution in [0.4, 0.5) is 0 Å². The normalized spacial score (nSPS) is 22.7. The summed E-state index contributed by atoms with van der Waals surface area (Å²) in [6, 6.07) is 6.30. The van der Waals surface area contributed by atoms with E-state index in [-0.39, 0.29) is 36.2 Å². The van der Waals surface area contributed by atoms with E-state index in [0.717, 1.165) is 70.4 Å². The van der Waals surface area contributed by atoms with Crippen LogP contribution in [0.25, 0.3) is 0 Å². The Balaban J connectivity index is 0.00000280. The second-order valence-electron chi connectivity index (χ2n) is 7.21. The van der Waals surface area contributed by atoms with Crippen molar-refractivity contribution in [2.75, 3.05) is 46.5 Å². The first-order valence-corrected chi connectivity index (χ1v) is 10.1. The molecule has 0 aliphatic carbocycles. The Morgan fingerprint density at radius 1 is 1.29 bits per heavy atom. The van der Waals surface area contributed by atoms with E-state index in [1.165, 1.54) is 11.1 Å². The zero-order valence-electron chi connectivity index (χ0n) is 17.3. The second-order valence-corrected chi connectivity index (χ2v) is 7.21. The van der Waals surface area contributed by atoms with Gasteiger partial charge in [0.2, 0.25) is 0 Å². The maximum Gasteiger partial charge on any atom is 0.194 e. The topological polar surface area (TPSA) is 55.3 Å². The summed E-state index contributed by atoms with van der Waals surface area (Å²) in [5.74, 6) is 1.90. The number of hydrogen-bond donors (Lipinski definition) is 1. The molecule has 0 bridgehead atoms. The first-order chi connectivity index (χ1) is 13.2. The van der Waals surface area contributed by atoms with Crippen molar-refractivity contribution < 1.29 is 14.2 Å². The third-order valence-corrected chi connectivity index (χ3v) is 5.19. The number of morpholine rings is 1. The molecule has 2 heterocycles. The molecule has 3 rings (SSSR count). The minimum absolute atomic E-state index is 0. The standard InChI is InChI=1S/C21H33N3O3.HI/c1-4-22-21(23-10-9-17-14-16(2)7-8-18(17)25-3)24-11-13-27-20(15-24)19-6-5-12-26-19;/h7-8,14,19-20H,4-6,9-13,15H2,1-3H3,(H,22,23);1H. The Morgan fingerprint density at radius 3 is 2.82 bits per heavy atom. The van der Waals surface area contributed by atoms with Gasteiger partial charge in [0.25, 0.3) is 0 Å². The molecule has 28 heavy (non-hydrogen) atoms. The lowest BCUT2D eigenvalue weighted by molar-refractivity contribution is -0.0817. The molecular weight excluding hydrogens is 469 g/mol. The third kappa shape index (κ3) is 6.22. The highest BCUT2D eigenvalue weighted by molar-refractivity contribution is 14.0. The van der Waals surface area contributed by atoms with Crippen molar-refractivity contribution in [1.82, 2.24) is 10.2 Å². The quantitative estimate of drug-likeness (QED) is 0.368. The number of halogens is 1. The maximum absolute atomic E-state index is 5.97. The van der Waals surface area contributed by atoms with Gasteiger partial charge in [0.05, 0.1) is 19.8 Å². The van der Waals surface area contributed by atoms with E-state index in [2.05, 4.69) is 36.2 Å². The number of hydrogen-bond acceptors (Lipinski definition) is 4. The largest absolute Gasteiger partial charge is 0.496 e. The smallest absolute Gasteiger partial charge is 0.194 e. The van der Waals surface area contributed by atoms with Crippen molar-refractivity contribution in [2.24, 2.45) is 4.99 Å². The first kappa shape index (κ1) is 23.2. The fourth-order valence-electron chi connectivity index (χ4n) is 3.80. The van der Waals surface area contributed by atoms with Gasteiger partial charge in [-0.2, -0.15) is 0 Å². The summed E-state index contributed by atoms with van der Waals surface area (Å²) < 4.78 is 17.3. The molecule has 2 fully saturated rings. The van der Waals surface area contributed by atoms with Crippen LogP contribution in [0, 0.1) is 6.92 Å². The predicted octanol–water partition coefficient (Wildman–Crippen LogP) is 3.01. The van der Waals surface area contributed by atoms with Gasteiger partial charge in [-0.05, 0) is 44.7 Å². The average molecular weight is 503 g/mol. The zero-order chi connectivity index (χ0) is 19.1. The Morgan fingerprint density at radius 2 is 2.11 bits per heavy atom. The molecule has 158 valence electrons. The second kappa shape index (κ2) is 11.8. The van der Waals surface area contributed by atoms with Crippen LogP contribution in [0.2, 0.25) is 0 Å². The molecule has 2 unspecified atom stereocenters. The fourth-order valence-corrected chi connectivity index (χ4v) is 3.80. The summed E-state index contributed by atoms with van der Waals surface area (Å²) in [4.78, 5) is 7.19. The first-order valence-electron chi connectivity index (χ1n) is 10.1. The summed E-state index contributed by atoms with van der Waals surface area (Å²) in [6.07, 6.45) is 3.46. The predicted molar refractivity (Wildman–Crippen MR) is 123 cm³/mol. The molecule has 1 N–H and O–H groups in total. The minimum Gasteiger partial charge on any atom is -0.496 e. The van der Waals surface area contributed by atoms with Crippen LogP contribution in [-0.4, -0.2) is 69.6 Å². The molecule has 1 aromatic rings. The number of aliphatic imine (C=N–C) groups is 1. The number of methoxy groups -OCH3 is 1. The molecule has 7 heteroatoms. The van der Waals surface area contributed by atoms with Crippen LogP contribution in [0.5, 0.6) is 5.75 Å². The molecule has 0 aromatic heterocycles. The van der Waals surface area contributed by atoms with E-state index in [9.17, 15) is 0 Å². The van der Waals surface area contributed by atoms with Gasteiger partial charge in [0.15, 0.2) is 5.96 Å². The van der Waals surface area contributed by atoms with E-state index in [1.54, 1.807) is 7.11 Å². The van der Waals surface area contributed by atoms with Gasteiger partial charge in [-0.15, -0.1) is 24.0 Å². The number of rotatable bonds is 6. The Bertz CT molecular complexity index is 635. The minimum atomic E-state index is 0. The number of guanidine groups is 1. The lowest BCUT2D eigenvalue weighted by atomic mass is 10.1. The van der Waals surface area contributed by atoms with Gasteiger partial charge in [-0.1, -0.05) is 17.7 Å². The average Bonchev–Trinajstić information content (AvgIpc) is 3.22. The monoisotopic (exact) mass is 503 g/mol. The van der Waals surface area contributed by atoms with Crippen LogP contribution in [0.15, 0.2) is 23.2 Å². The summed E-state index contributed by atoms with van der Waals surface area (Å²) in [5.41, 5.74) is 2.45. The SMILES string of the molecule is CCNC(=NCCc1cc(C)ccc1OC)N1CCOC(C2CCCO2)C1.I. The van der Waals surface area contributed by atoms with Crippen LogP contribution < -0.4 is 10.1 Å². The Kier molecular flexibility index (Phi) is 9.81. The van der Waals surface area contributed by atoms with Crippen molar-refractivity contribution >= 4 is 29.9 Å². The lowest BCUT2D eigenvalue weighted by Crippen LogP contribution is -2.53. The van der Waals surface area contributed by atoms with Crippen molar-refractivity contribution in [2.45, 2.75) is 45.3 Å². The van der Waals surface area contributed by atoms with Crippen molar-refractivity contribution in [3.63, 3.8) is 0 Å². The number of ether oxygens (including phenoxy) is 3. The molecular formula is C21H34IN3O3. The van der Waals surface area contributed by atoms with Gasteiger partial charge in [-0.3, -0.25) is 4.99 Å². The molecule has 2 saturated heterocycles. The fraction of sp³-hybridized carbons (Fsp3) is 0.667. The molecule has 6 nitrogen and oxygen atoms in total. The number of nitrogens with zero attached hydrogens (tertiary/aromatic N) is 2. The van der Waals surface area contributed by atoms with Gasteiger partial charge in [0, 0.05) is 32.8 Å². The van der Waals surface area contributed by atoms with Crippen LogP contribution in [0.3, 0.4) is 0 Å². The van der Waals surface area contributed by atoms with E-state index >= 15 is 0 Å². The summed E-state index contributed by atoms with van der Waals surface area (Å²) >= 11 is 0. The number of nitrogens with one attached hydrogen (secondary N) is 1. The lowest BCUT2D eigenvalue weighted by Gasteiger charge is -2.37. The summed E-state index contributed by atoms with van der Waals surface area (Å²) in [5, 5.41) is 3.44. The summed E-state index contributed by atoms with van der Waals surface area (Å²) in [7, 11) is 1.72. The molecule has 2 aliphatic heterocycles. The zero-order valence-corrected chi connectivity index (χ0v) is 19.6. The molecule has 2 atom stereocenters. The van der Waals surface area contributed by atoms with Crippen molar-refractivity contribution in [3.05, 3.63) is 29.3 Å². The van der Waals surface area contributed by atoms with Crippen LogP contribution in [0.1, 0.15) is 30.9 Å². The van der Waals surface area contributed by atoms with E-state index in [1.807, 2.05) is 6.07 Å². The van der Waals surface area contributed by atoms with Gasteiger partial charge < -0.3 is 24.4 Å². The van der Waals surface area contributed by atoms with Crippen LogP contribution in [-0.2, 0) is 15.9 Å². The van der Waals surface area contributed by atoms with E-state index in [0.29, 0.717) is 0 Å². The highest BCUT2D eigenvalue weighted by Crippen LogP contribution is 2.22. The Labute approximate surface area is 186 Å². The highest BCUT2D eigenvalue weighted by Gasteiger charge is 2.32. The Hall–Kier alpha value is -1.06. The maximum atomic E-state index is 5.97. The van der Waals surface area contributed by atoms with E-state index in [4.69, 9.17) is 19.2 Å². The molecule has 0 spiro atoms. The number of aryl methyl sites for hydroxylation is 1. The van der Waals surface area contributed by atoms with Crippen LogP contribution >= 0.6 is 24.0 Å². The molecule has 0 amide bonds. The molecule has 0 saturated carbocycles. The summed E-state index contributed by atoms with van der Waals surface area (Å²) in [6.45, 7) is 9.08.